The van der Waals surface area contributed by atoms with E-state index in [0.717, 1.165) is 0 Å². The number of hydrogen-bond donors (Lipinski definition) is 0. The third kappa shape index (κ3) is 1.71. The average molecular weight is 283 g/mol. The predicted molar refractivity (Wildman–Crippen MR) is 62.6 cm³/mol. The van der Waals surface area contributed by atoms with Crippen LogP contribution in [-0.4, -0.2) is 17.0 Å². The summed E-state index contributed by atoms with van der Waals surface area (Å²) in [6.45, 7) is 0. The first kappa shape index (κ1) is 10.8. The van der Waals surface area contributed by atoms with Gasteiger partial charge in [0.05, 0.1) is 27.4 Å². The summed E-state index contributed by atoms with van der Waals surface area (Å²) in [6.07, 6.45) is 1.60. The van der Waals surface area contributed by atoms with E-state index in [-0.39, 0.29) is 5.69 Å². The van der Waals surface area contributed by atoms with Crippen molar-refractivity contribution in [3.8, 4) is 5.75 Å². The zero-order valence-corrected chi connectivity index (χ0v) is 9.89. The quantitative estimate of drug-likeness (QED) is 0.628. The highest BCUT2D eigenvalue weighted by atomic mass is 79.9. The van der Waals surface area contributed by atoms with E-state index in [2.05, 4.69) is 20.9 Å². The minimum Gasteiger partial charge on any atom is -0.495 e. The van der Waals surface area contributed by atoms with Crippen LogP contribution in [0.5, 0.6) is 5.75 Å². The first-order valence-corrected chi connectivity index (χ1v) is 5.19. The maximum absolute atomic E-state index is 10.7. The van der Waals surface area contributed by atoms with Crippen LogP contribution in [0.3, 0.4) is 0 Å². The van der Waals surface area contributed by atoms with Crippen molar-refractivity contribution in [1.29, 1.82) is 0 Å². The van der Waals surface area contributed by atoms with Crippen molar-refractivity contribution >= 4 is 32.5 Å². The Hall–Kier alpha value is -1.69. The van der Waals surface area contributed by atoms with Crippen molar-refractivity contribution in [2.24, 2.45) is 0 Å². The molecule has 0 unspecified atom stereocenters. The zero-order valence-electron chi connectivity index (χ0n) is 8.31. The largest absolute Gasteiger partial charge is 0.495 e. The SMILES string of the molecule is COc1c(Br)cnc2ccc([N+](=O)[O-])cc12. The van der Waals surface area contributed by atoms with E-state index >= 15 is 0 Å². The van der Waals surface area contributed by atoms with E-state index < -0.39 is 4.92 Å². The molecule has 0 saturated carbocycles. The second kappa shape index (κ2) is 4.05. The first-order valence-electron chi connectivity index (χ1n) is 4.40. The van der Waals surface area contributed by atoms with Gasteiger partial charge in [-0.15, -0.1) is 0 Å². The minimum absolute atomic E-state index is 0.0192. The molecule has 16 heavy (non-hydrogen) atoms. The molecular weight excluding hydrogens is 276 g/mol. The Kier molecular flexibility index (Phi) is 2.74. The van der Waals surface area contributed by atoms with Gasteiger partial charge in [0, 0.05) is 18.3 Å². The highest BCUT2D eigenvalue weighted by Crippen LogP contribution is 2.33. The summed E-state index contributed by atoms with van der Waals surface area (Å²) in [5.74, 6) is 0.550. The number of pyridine rings is 1. The molecule has 82 valence electrons. The van der Waals surface area contributed by atoms with E-state index in [0.29, 0.717) is 21.1 Å². The lowest BCUT2D eigenvalue weighted by Crippen LogP contribution is -1.92. The fourth-order valence-electron chi connectivity index (χ4n) is 1.45. The Morgan fingerprint density at radius 2 is 2.25 bits per heavy atom. The third-order valence-electron chi connectivity index (χ3n) is 2.17. The van der Waals surface area contributed by atoms with Gasteiger partial charge >= 0.3 is 0 Å². The molecule has 0 N–H and O–H groups in total. The topological polar surface area (TPSA) is 65.3 Å². The normalized spacial score (nSPS) is 10.4. The summed E-state index contributed by atoms with van der Waals surface area (Å²) < 4.78 is 5.85. The average Bonchev–Trinajstić information content (AvgIpc) is 2.28. The van der Waals surface area contributed by atoms with Gasteiger partial charge in [0.15, 0.2) is 0 Å². The fraction of sp³-hybridized carbons (Fsp3) is 0.100. The molecule has 2 aromatic rings. The number of nitro groups is 1. The number of hydrogen-bond acceptors (Lipinski definition) is 4. The standard InChI is InChI=1S/C10H7BrN2O3/c1-16-10-7-4-6(13(14)15)2-3-9(7)12-5-8(10)11/h2-5H,1H3. The number of halogens is 1. The number of ether oxygens (including phenoxy) is 1. The van der Waals surface area contributed by atoms with Gasteiger partial charge in [0.25, 0.3) is 5.69 Å². The number of methoxy groups -OCH3 is 1. The van der Waals surface area contributed by atoms with Gasteiger partial charge in [-0.25, -0.2) is 0 Å². The number of nitro benzene ring substituents is 1. The van der Waals surface area contributed by atoms with Gasteiger partial charge in [-0.1, -0.05) is 0 Å². The lowest BCUT2D eigenvalue weighted by molar-refractivity contribution is -0.384. The molecule has 0 fully saturated rings. The van der Waals surface area contributed by atoms with Crippen LogP contribution in [0, 0.1) is 10.1 Å². The van der Waals surface area contributed by atoms with Crippen molar-refractivity contribution in [2.75, 3.05) is 7.11 Å². The Morgan fingerprint density at radius 1 is 1.50 bits per heavy atom. The van der Waals surface area contributed by atoms with E-state index in [1.165, 1.54) is 19.2 Å². The number of benzene rings is 1. The smallest absolute Gasteiger partial charge is 0.270 e. The van der Waals surface area contributed by atoms with Gasteiger partial charge in [0.2, 0.25) is 0 Å². The van der Waals surface area contributed by atoms with E-state index in [1.54, 1.807) is 12.3 Å². The molecule has 0 atom stereocenters. The second-order valence-electron chi connectivity index (χ2n) is 3.10. The maximum atomic E-state index is 10.7. The third-order valence-corrected chi connectivity index (χ3v) is 2.74. The van der Waals surface area contributed by atoms with Crippen LogP contribution in [0.25, 0.3) is 10.9 Å². The maximum Gasteiger partial charge on any atom is 0.270 e. The summed E-state index contributed by atoms with van der Waals surface area (Å²) in [4.78, 5) is 14.4. The molecule has 0 spiro atoms. The van der Waals surface area contributed by atoms with Gasteiger partial charge in [-0.05, 0) is 22.0 Å². The van der Waals surface area contributed by atoms with Crippen LogP contribution in [-0.2, 0) is 0 Å². The summed E-state index contributed by atoms with van der Waals surface area (Å²) in [5.41, 5.74) is 0.677. The lowest BCUT2D eigenvalue weighted by Gasteiger charge is -2.06. The first-order chi connectivity index (χ1) is 7.63. The summed E-state index contributed by atoms with van der Waals surface area (Å²) in [6, 6.07) is 4.47. The monoisotopic (exact) mass is 282 g/mol. The summed E-state index contributed by atoms with van der Waals surface area (Å²) >= 11 is 3.28. The van der Waals surface area contributed by atoms with Crippen molar-refractivity contribution < 1.29 is 9.66 Å². The van der Waals surface area contributed by atoms with Gasteiger partial charge in [-0.2, -0.15) is 0 Å². The van der Waals surface area contributed by atoms with Gasteiger partial charge in [0.1, 0.15) is 5.75 Å². The molecule has 1 heterocycles. The second-order valence-corrected chi connectivity index (χ2v) is 3.95. The van der Waals surface area contributed by atoms with Gasteiger partial charge < -0.3 is 4.74 Å². The molecule has 5 nitrogen and oxygen atoms in total. The van der Waals surface area contributed by atoms with Crippen molar-refractivity contribution in [2.45, 2.75) is 0 Å². The highest BCUT2D eigenvalue weighted by Gasteiger charge is 2.12. The van der Waals surface area contributed by atoms with Crippen molar-refractivity contribution in [1.82, 2.24) is 4.98 Å². The van der Waals surface area contributed by atoms with Crippen LogP contribution in [0.15, 0.2) is 28.9 Å². The Labute approximate surface area is 99.3 Å². The van der Waals surface area contributed by atoms with Crippen LogP contribution < -0.4 is 4.74 Å². The van der Waals surface area contributed by atoms with E-state index in [4.69, 9.17) is 4.74 Å². The zero-order chi connectivity index (χ0) is 11.7. The van der Waals surface area contributed by atoms with Crippen molar-refractivity contribution in [3.63, 3.8) is 0 Å². The fourth-order valence-corrected chi connectivity index (χ4v) is 1.93. The number of rotatable bonds is 2. The molecule has 0 aliphatic heterocycles. The van der Waals surface area contributed by atoms with Crippen LogP contribution >= 0.6 is 15.9 Å². The molecule has 6 heteroatoms. The number of aromatic nitrogens is 1. The molecule has 0 radical (unpaired) electrons. The molecular formula is C10H7BrN2O3. The Morgan fingerprint density at radius 3 is 2.88 bits per heavy atom. The van der Waals surface area contributed by atoms with E-state index in [9.17, 15) is 10.1 Å². The molecule has 1 aromatic carbocycles. The van der Waals surface area contributed by atoms with E-state index in [1.807, 2.05) is 0 Å². The van der Waals surface area contributed by atoms with Crippen molar-refractivity contribution in [3.05, 3.63) is 39.0 Å². The lowest BCUT2D eigenvalue weighted by atomic mass is 10.2. The summed E-state index contributed by atoms with van der Waals surface area (Å²) in [7, 11) is 1.51. The Balaban J connectivity index is 2.78. The highest BCUT2D eigenvalue weighted by molar-refractivity contribution is 9.10. The molecule has 0 aliphatic rings. The molecule has 0 amide bonds. The summed E-state index contributed by atoms with van der Waals surface area (Å²) in [5, 5.41) is 11.3. The number of nitrogens with zero attached hydrogens (tertiary/aromatic N) is 2. The van der Waals surface area contributed by atoms with Crippen LogP contribution in [0.4, 0.5) is 5.69 Å². The van der Waals surface area contributed by atoms with Gasteiger partial charge in [-0.3, -0.25) is 15.1 Å². The molecule has 2 rings (SSSR count). The number of fused-ring (bicyclic) bond motifs is 1. The van der Waals surface area contributed by atoms with Crippen LogP contribution in [0.2, 0.25) is 0 Å². The molecule has 0 aliphatic carbocycles. The molecule has 0 saturated heterocycles. The van der Waals surface area contributed by atoms with Crippen LogP contribution in [0.1, 0.15) is 0 Å². The number of non-ortho nitro benzene ring substituents is 1. The molecule has 1 aromatic heterocycles. The molecule has 0 bridgehead atoms. The Bertz CT molecular complexity index is 571. The minimum atomic E-state index is -0.445. The predicted octanol–water partition coefficient (Wildman–Crippen LogP) is 2.91.